The Balaban J connectivity index is 2.05. The first-order chi connectivity index (χ1) is 10.1. The van der Waals surface area contributed by atoms with Gasteiger partial charge in [-0.15, -0.1) is 0 Å². The highest BCUT2D eigenvalue weighted by Crippen LogP contribution is 2.30. The molecule has 0 spiro atoms. The van der Waals surface area contributed by atoms with Crippen molar-refractivity contribution in [3.63, 3.8) is 0 Å². The van der Waals surface area contributed by atoms with E-state index in [0.29, 0.717) is 26.1 Å². The van der Waals surface area contributed by atoms with Crippen LogP contribution >= 0.6 is 0 Å². The molecule has 1 aromatic heterocycles. The van der Waals surface area contributed by atoms with Crippen LogP contribution in [0.15, 0.2) is 30.3 Å². The molecule has 0 aliphatic carbocycles. The molecule has 0 atom stereocenters. The van der Waals surface area contributed by atoms with E-state index in [2.05, 4.69) is 10.3 Å². The van der Waals surface area contributed by atoms with Gasteiger partial charge in [-0.3, -0.25) is 4.98 Å². The summed E-state index contributed by atoms with van der Waals surface area (Å²) in [5.41, 5.74) is 1.59. The highest BCUT2D eigenvalue weighted by Gasteiger charge is 2.40. The molecular weight excluding hydrogens is 268 g/mol. The lowest BCUT2D eigenvalue weighted by molar-refractivity contribution is -0.145. The molecule has 0 amide bonds. The van der Waals surface area contributed by atoms with Crippen LogP contribution in [0.2, 0.25) is 0 Å². The summed E-state index contributed by atoms with van der Waals surface area (Å²) in [6.07, 6.45) is 0.913. The fraction of sp³-hybridized carbons (Fsp3) is 0.375. The van der Waals surface area contributed by atoms with Crippen molar-refractivity contribution in [2.75, 3.05) is 18.5 Å². The lowest BCUT2D eigenvalue weighted by Gasteiger charge is -2.35. The number of benzene rings is 1. The van der Waals surface area contributed by atoms with Crippen LogP contribution in [-0.2, 0) is 9.53 Å². The van der Waals surface area contributed by atoms with E-state index < -0.39 is 11.5 Å². The first-order valence-electron chi connectivity index (χ1n) is 7.06. The number of aromatic nitrogens is 1. The van der Waals surface area contributed by atoms with E-state index in [1.54, 1.807) is 0 Å². The molecule has 2 heterocycles. The third-order valence-electron chi connectivity index (χ3n) is 3.97. The van der Waals surface area contributed by atoms with Crippen LogP contribution in [0, 0.1) is 6.92 Å². The second kappa shape index (κ2) is 5.33. The van der Waals surface area contributed by atoms with Crippen LogP contribution < -0.4 is 5.32 Å². The van der Waals surface area contributed by atoms with Gasteiger partial charge >= 0.3 is 5.97 Å². The van der Waals surface area contributed by atoms with Crippen molar-refractivity contribution in [3.8, 4) is 0 Å². The molecule has 1 aliphatic heterocycles. The van der Waals surface area contributed by atoms with Gasteiger partial charge in [0.15, 0.2) is 0 Å². The van der Waals surface area contributed by atoms with Crippen molar-refractivity contribution in [1.29, 1.82) is 0 Å². The SMILES string of the molecule is Cc1cc(NC2(C(=O)O)CCOCC2)c2ccccc2n1. The number of anilines is 1. The minimum absolute atomic E-state index is 0.456. The Morgan fingerprint density at radius 2 is 2.05 bits per heavy atom. The zero-order valence-electron chi connectivity index (χ0n) is 11.9. The molecule has 0 radical (unpaired) electrons. The van der Waals surface area contributed by atoms with Crippen LogP contribution in [0.3, 0.4) is 0 Å². The van der Waals surface area contributed by atoms with Gasteiger partial charge in [0.1, 0.15) is 5.54 Å². The molecule has 3 rings (SSSR count). The number of hydrogen-bond acceptors (Lipinski definition) is 4. The summed E-state index contributed by atoms with van der Waals surface area (Å²) < 4.78 is 5.31. The highest BCUT2D eigenvalue weighted by molar-refractivity contribution is 5.94. The topological polar surface area (TPSA) is 71.5 Å². The number of pyridine rings is 1. The molecule has 5 nitrogen and oxygen atoms in total. The predicted octanol–water partition coefficient (Wildman–Crippen LogP) is 2.59. The number of ether oxygens (including phenoxy) is 1. The predicted molar refractivity (Wildman–Crippen MR) is 80.5 cm³/mol. The van der Waals surface area contributed by atoms with Gasteiger partial charge in [-0.2, -0.15) is 0 Å². The number of rotatable bonds is 3. The summed E-state index contributed by atoms with van der Waals surface area (Å²) in [6, 6.07) is 9.66. The molecule has 110 valence electrons. The van der Waals surface area contributed by atoms with Crippen LogP contribution in [0.1, 0.15) is 18.5 Å². The van der Waals surface area contributed by atoms with Gasteiger partial charge in [-0.05, 0) is 19.1 Å². The number of aryl methyl sites for hydroxylation is 1. The third-order valence-corrected chi connectivity index (χ3v) is 3.97. The minimum Gasteiger partial charge on any atom is -0.480 e. The summed E-state index contributed by atoms with van der Waals surface area (Å²) in [5.74, 6) is -0.829. The molecule has 0 saturated carbocycles. The fourth-order valence-electron chi connectivity index (χ4n) is 2.78. The second-order valence-electron chi connectivity index (χ2n) is 5.45. The number of carboxylic acids is 1. The lowest BCUT2D eigenvalue weighted by atomic mass is 9.89. The fourth-order valence-corrected chi connectivity index (χ4v) is 2.78. The smallest absolute Gasteiger partial charge is 0.329 e. The summed E-state index contributed by atoms with van der Waals surface area (Å²) in [7, 11) is 0. The Kier molecular flexibility index (Phi) is 3.51. The molecule has 2 aromatic rings. The number of para-hydroxylation sites is 1. The Morgan fingerprint density at radius 3 is 2.76 bits per heavy atom. The van der Waals surface area contributed by atoms with E-state index in [1.165, 1.54) is 0 Å². The van der Waals surface area contributed by atoms with E-state index in [9.17, 15) is 9.90 Å². The maximum atomic E-state index is 11.8. The molecule has 1 fully saturated rings. The average molecular weight is 286 g/mol. The molecule has 1 aliphatic rings. The van der Waals surface area contributed by atoms with Gasteiger partial charge in [0.2, 0.25) is 0 Å². The van der Waals surface area contributed by atoms with Crippen molar-refractivity contribution in [2.45, 2.75) is 25.3 Å². The quantitative estimate of drug-likeness (QED) is 0.907. The van der Waals surface area contributed by atoms with Crippen LogP contribution in [0.4, 0.5) is 5.69 Å². The lowest BCUT2D eigenvalue weighted by Crippen LogP contribution is -2.50. The summed E-state index contributed by atoms with van der Waals surface area (Å²) in [4.78, 5) is 16.3. The van der Waals surface area contributed by atoms with E-state index in [1.807, 2.05) is 37.3 Å². The summed E-state index contributed by atoms with van der Waals surface area (Å²) >= 11 is 0. The van der Waals surface area contributed by atoms with Crippen molar-refractivity contribution >= 4 is 22.6 Å². The Bertz CT molecular complexity index is 678. The van der Waals surface area contributed by atoms with Gasteiger partial charge in [-0.25, -0.2) is 4.79 Å². The van der Waals surface area contributed by atoms with Crippen LogP contribution in [0.25, 0.3) is 10.9 Å². The zero-order chi connectivity index (χ0) is 14.9. The van der Waals surface area contributed by atoms with Gasteiger partial charge in [0, 0.05) is 42.8 Å². The number of carbonyl (C=O) groups is 1. The molecular formula is C16H18N2O3. The maximum Gasteiger partial charge on any atom is 0.329 e. The molecule has 1 saturated heterocycles. The number of fused-ring (bicyclic) bond motifs is 1. The molecule has 21 heavy (non-hydrogen) atoms. The van der Waals surface area contributed by atoms with Crippen molar-refractivity contribution in [2.24, 2.45) is 0 Å². The molecule has 1 aromatic carbocycles. The Hall–Kier alpha value is -2.14. The van der Waals surface area contributed by atoms with Gasteiger partial charge < -0.3 is 15.2 Å². The van der Waals surface area contributed by atoms with Gasteiger partial charge in [0.25, 0.3) is 0 Å². The van der Waals surface area contributed by atoms with E-state index >= 15 is 0 Å². The van der Waals surface area contributed by atoms with Crippen molar-refractivity contribution in [3.05, 3.63) is 36.0 Å². The van der Waals surface area contributed by atoms with Crippen molar-refractivity contribution in [1.82, 2.24) is 4.98 Å². The normalized spacial score (nSPS) is 17.6. The second-order valence-corrected chi connectivity index (χ2v) is 5.45. The summed E-state index contributed by atoms with van der Waals surface area (Å²) in [6.45, 7) is 2.83. The minimum atomic E-state index is -0.963. The van der Waals surface area contributed by atoms with Crippen molar-refractivity contribution < 1.29 is 14.6 Å². The molecule has 5 heteroatoms. The zero-order valence-corrected chi connectivity index (χ0v) is 11.9. The third kappa shape index (κ3) is 2.56. The number of carboxylic acid groups (broad SMARTS) is 1. The molecule has 2 N–H and O–H groups in total. The Labute approximate surface area is 123 Å². The monoisotopic (exact) mass is 286 g/mol. The number of aliphatic carboxylic acids is 1. The molecule has 0 bridgehead atoms. The number of nitrogens with zero attached hydrogens (tertiary/aromatic N) is 1. The first-order valence-corrected chi connectivity index (χ1v) is 7.06. The van der Waals surface area contributed by atoms with E-state index in [4.69, 9.17) is 4.74 Å². The van der Waals surface area contributed by atoms with E-state index in [-0.39, 0.29) is 0 Å². The molecule has 0 unspecified atom stereocenters. The average Bonchev–Trinajstić information content (AvgIpc) is 2.48. The standard InChI is InChI=1S/C16H18N2O3/c1-11-10-14(12-4-2-3-5-13(12)17-11)18-16(15(19)20)6-8-21-9-7-16/h2-5,10H,6-9H2,1H3,(H,17,18)(H,19,20). The van der Waals surface area contributed by atoms with Crippen LogP contribution in [0.5, 0.6) is 0 Å². The maximum absolute atomic E-state index is 11.8. The Morgan fingerprint density at radius 1 is 1.33 bits per heavy atom. The number of hydrogen-bond donors (Lipinski definition) is 2. The first kappa shape index (κ1) is 13.8. The highest BCUT2D eigenvalue weighted by atomic mass is 16.5. The van der Waals surface area contributed by atoms with Crippen LogP contribution in [-0.4, -0.2) is 34.8 Å². The van der Waals surface area contributed by atoms with Gasteiger partial charge in [-0.1, -0.05) is 18.2 Å². The number of nitrogens with one attached hydrogen (secondary N) is 1. The summed E-state index contributed by atoms with van der Waals surface area (Å²) in [5, 5.41) is 13.9. The van der Waals surface area contributed by atoms with E-state index in [0.717, 1.165) is 22.3 Å². The largest absolute Gasteiger partial charge is 0.480 e. The van der Waals surface area contributed by atoms with Gasteiger partial charge in [0.05, 0.1) is 5.52 Å².